The Morgan fingerprint density at radius 1 is 1.16 bits per heavy atom. The number of halogens is 1. The van der Waals surface area contributed by atoms with Crippen molar-refractivity contribution in [3.63, 3.8) is 0 Å². The average molecular weight is 282 g/mol. The van der Waals surface area contributed by atoms with Gasteiger partial charge >= 0.3 is 0 Å². The number of hydrogen-bond donors (Lipinski definition) is 1. The first-order valence-electron chi connectivity index (χ1n) is 7.14. The van der Waals surface area contributed by atoms with Gasteiger partial charge < -0.3 is 14.8 Å². The van der Waals surface area contributed by atoms with Crippen LogP contribution < -0.4 is 14.8 Å². The summed E-state index contributed by atoms with van der Waals surface area (Å²) in [5.74, 6) is 1.51. The van der Waals surface area contributed by atoms with Crippen LogP contribution in [0.25, 0.3) is 0 Å². The van der Waals surface area contributed by atoms with Gasteiger partial charge in [-0.15, -0.1) is 0 Å². The first kappa shape index (κ1) is 13.1. The molecule has 104 valence electrons. The molecule has 1 N–H and O–H groups in total. The zero-order valence-corrected chi connectivity index (χ0v) is 11.8. The van der Waals surface area contributed by atoms with E-state index in [1.807, 2.05) is 6.07 Å². The summed E-state index contributed by atoms with van der Waals surface area (Å²) in [6.45, 7) is 2.51. The van der Waals surface area contributed by atoms with Gasteiger partial charge in [-0.2, -0.15) is 0 Å². The fourth-order valence-corrected chi connectivity index (χ4v) is 3.07. The van der Waals surface area contributed by atoms with E-state index in [2.05, 4.69) is 11.4 Å². The van der Waals surface area contributed by atoms with Gasteiger partial charge in [0.1, 0.15) is 0 Å². The fourth-order valence-electron chi connectivity index (χ4n) is 2.78. The monoisotopic (exact) mass is 281 g/mol. The van der Waals surface area contributed by atoms with Crippen molar-refractivity contribution in [1.29, 1.82) is 0 Å². The van der Waals surface area contributed by atoms with E-state index in [1.165, 1.54) is 24.8 Å². The molecular weight excluding hydrogens is 262 g/mol. The van der Waals surface area contributed by atoms with Crippen LogP contribution in [-0.4, -0.2) is 25.8 Å². The summed E-state index contributed by atoms with van der Waals surface area (Å²) in [6.07, 6.45) is 5.77. The van der Waals surface area contributed by atoms with Crippen molar-refractivity contribution in [2.45, 2.75) is 38.1 Å². The average Bonchev–Trinajstić information content (AvgIpc) is 2.65. The van der Waals surface area contributed by atoms with Crippen LogP contribution in [0.5, 0.6) is 11.5 Å². The smallest absolute Gasteiger partial charge is 0.179 e. The second kappa shape index (κ2) is 6.02. The van der Waals surface area contributed by atoms with E-state index >= 15 is 0 Å². The lowest BCUT2D eigenvalue weighted by molar-refractivity contribution is 0.297. The van der Waals surface area contributed by atoms with Crippen molar-refractivity contribution in [3.05, 3.63) is 22.7 Å². The third-order valence-corrected chi connectivity index (χ3v) is 4.04. The van der Waals surface area contributed by atoms with Crippen molar-refractivity contribution in [2.24, 2.45) is 0 Å². The van der Waals surface area contributed by atoms with Gasteiger partial charge in [-0.05, 0) is 43.5 Å². The third-order valence-electron chi connectivity index (χ3n) is 3.76. The summed E-state index contributed by atoms with van der Waals surface area (Å²) in [5, 5.41) is 4.24. The van der Waals surface area contributed by atoms with Gasteiger partial charge in [0.2, 0.25) is 0 Å². The Labute approximate surface area is 119 Å². The van der Waals surface area contributed by atoms with Crippen molar-refractivity contribution in [2.75, 3.05) is 19.8 Å². The minimum Gasteiger partial charge on any atom is -0.489 e. The number of piperidine rings is 1. The lowest BCUT2D eigenvalue weighted by Gasteiger charge is -2.24. The quantitative estimate of drug-likeness (QED) is 0.903. The Balaban J connectivity index is 1.78. The van der Waals surface area contributed by atoms with Crippen LogP contribution in [0.15, 0.2) is 12.1 Å². The molecule has 4 heteroatoms. The second-order valence-corrected chi connectivity index (χ2v) is 5.71. The highest BCUT2D eigenvalue weighted by atomic mass is 35.5. The van der Waals surface area contributed by atoms with Crippen LogP contribution in [0.3, 0.4) is 0 Å². The number of ether oxygens (including phenoxy) is 2. The predicted molar refractivity (Wildman–Crippen MR) is 76.4 cm³/mol. The summed E-state index contributed by atoms with van der Waals surface area (Å²) in [7, 11) is 0. The molecule has 2 heterocycles. The minimum atomic E-state index is 0.564. The molecule has 2 aliphatic heterocycles. The summed E-state index contributed by atoms with van der Waals surface area (Å²) in [4.78, 5) is 0. The van der Waals surface area contributed by atoms with E-state index in [1.54, 1.807) is 0 Å². The van der Waals surface area contributed by atoms with Crippen molar-refractivity contribution < 1.29 is 9.47 Å². The maximum Gasteiger partial charge on any atom is 0.179 e. The molecule has 2 aliphatic rings. The molecule has 0 saturated carbocycles. The van der Waals surface area contributed by atoms with Gasteiger partial charge in [-0.1, -0.05) is 18.0 Å². The van der Waals surface area contributed by atoms with Gasteiger partial charge in [-0.3, -0.25) is 0 Å². The summed E-state index contributed by atoms with van der Waals surface area (Å²) < 4.78 is 11.4. The maximum absolute atomic E-state index is 6.31. The van der Waals surface area contributed by atoms with Crippen LogP contribution in [-0.2, 0) is 6.42 Å². The lowest BCUT2D eigenvalue weighted by Crippen LogP contribution is -2.35. The van der Waals surface area contributed by atoms with E-state index in [9.17, 15) is 0 Å². The SMILES string of the molecule is Clc1cc(CC2CCCCN2)cc2c1OCCCO2. The van der Waals surface area contributed by atoms with Crippen LogP contribution >= 0.6 is 11.6 Å². The normalized spacial score (nSPS) is 22.9. The number of fused-ring (bicyclic) bond motifs is 1. The molecule has 3 rings (SSSR count). The highest BCUT2D eigenvalue weighted by molar-refractivity contribution is 6.32. The molecule has 1 saturated heterocycles. The van der Waals surface area contributed by atoms with Gasteiger partial charge in [0.15, 0.2) is 11.5 Å². The molecule has 3 nitrogen and oxygen atoms in total. The maximum atomic E-state index is 6.31. The Bertz CT molecular complexity index is 444. The Kier molecular flexibility index (Phi) is 4.14. The van der Waals surface area contributed by atoms with Gasteiger partial charge in [0.05, 0.1) is 18.2 Å². The molecule has 0 amide bonds. The molecule has 0 bridgehead atoms. The van der Waals surface area contributed by atoms with E-state index in [0.717, 1.165) is 25.1 Å². The molecule has 1 atom stereocenters. The first-order valence-corrected chi connectivity index (χ1v) is 7.52. The Morgan fingerprint density at radius 3 is 2.89 bits per heavy atom. The zero-order chi connectivity index (χ0) is 13.1. The standard InChI is InChI=1S/C15H20ClNO2/c16-13-9-11(8-12-4-1-2-5-17-12)10-14-15(13)19-7-3-6-18-14/h9-10,12,17H,1-8H2. The first-order chi connectivity index (χ1) is 9.33. The van der Waals surface area contributed by atoms with Crippen molar-refractivity contribution >= 4 is 11.6 Å². The number of hydrogen-bond acceptors (Lipinski definition) is 3. The van der Waals surface area contributed by atoms with Gasteiger partial charge in [0.25, 0.3) is 0 Å². The molecule has 0 spiro atoms. The Hall–Kier alpha value is -0.930. The van der Waals surface area contributed by atoms with Crippen molar-refractivity contribution in [1.82, 2.24) is 5.32 Å². The predicted octanol–water partition coefficient (Wildman–Crippen LogP) is 3.19. The number of rotatable bonds is 2. The second-order valence-electron chi connectivity index (χ2n) is 5.31. The largest absolute Gasteiger partial charge is 0.489 e. The van der Waals surface area contributed by atoms with E-state index < -0.39 is 0 Å². The third kappa shape index (κ3) is 3.15. The minimum absolute atomic E-state index is 0.564. The molecule has 1 fully saturated rings. The van der Waals surface area contributed by atoms with Gasteiger partial charge in [0, 0.05) is 12.5 Å². The molecular formula is C15H20ClNO2. The number of benzene rings is 1. The highest BCUT2D eigenvalue weighted by Gasteiger charge is 2.18. The van der Waals surface area contributed by atoms with Crippen LogP contribution in [0.4, 0.5) is 0 Å². The number of nitrogens with one attached hydrogen (secondary N) is 1. The summed E-state index contributed by atoms with van der Waals surface area (Å²) in [6, 6.07) is 4.67. The topological polar surface area (TPSA) is 30.5 Å². The lowest BCUT2D eigenvalue weighted by atomic mass is 9.97. The van der Waals surface area contributed by atoms with E-state index in [4.69, 9.17) is 21.1 Å². The molecule has 0 radical (unpaired) electrons. The van der Waals surface area contributed by atoms with Gasteiger partial charge in [-0.25, -0.2) is 0 Å². The zero-order valence-electron chi connectivity index (χ0n) is 11.1. The molecule has 1 aromatic rings. The molecule has 0 aliphatic carbocycles. The molecule has 19 heavy (non-hydrogen) atoms. The fraction of sp³-hybridized carbons (Fsp3) is 0.600. The van der Waals surface area contributed by atoms with Crippen LogP contribution in [0.1, 0.15) is 31.2 Å². The van der Waals surface area contributed by atoms with Crippen molar-refractivity contribution in [3.8, 4) is 11.5 Å². The van der Waals surface area contributed by atoms with E-state index in [-0.39, 0.29) is 0 Å². The highest BCUT2D eigenvalue weighted by Crippen LogP contribution is 2.38. The summed E-state index contributed by atoms with van der Waals surface area (Å²) >= 11 is 6.31. The molecule has 0 aromatic heterocycles. The van der Waals surface area contributed by atoms with Crippen LogP contribution in [0, 0.1) is 0 Å². The molecule has 1 unspecified atom stereocenters. The van der Waals surface area contributed by atoms with Crippen LogP contribution in [0.2, 0.25) is 5.02 Å². The Morgan fingerprint density at radius 2 is 2.05 bits per heavy atom. The van der Waals surface area contributed by atoms with E-state index in [0.29, 0.717) is 30.0 Å². The molecule has 1 aromatic carbocycles. The summed E-state index contributed by atoms with van der Waals surface area (Å²) in [5.41, 5.74) is 1.23.